The van der Waals surface area contributed by atoms with Crippen LogP contribution in [0.5, 0.6) is 0 Å². The van der Waals surface area contributed by atoms with Gasteiger partial charge in [0, 0.05) is 26.8 Å². The van der Waals surface area contributed by atoms with Crippen LogP contribution in [0, 0.1) is 28.4 Å². The molecule has 0 bridgehead atoms. The predicted molar refractivity (Wildman–Crippen MR) is 85.6 cm³/mol. The van der Waals surface area contributed by atoms with Crippen molar-refractivity contribution in [3.05, 3.63) is 46.1 Å². The summed E-state index contributed by atoms with van der Waals surface area (Å²) in [5.41, 5.74) is 0.690. The Labute approximate surface area is 154 Å². The summed E-state index contributed by atoms with van der Waals surface area (Å²) in [5, 5.41) is 0. The second kappa shape index (κ2) is 13.3. The first kappa shape index (κ1) is 29.8. The number of carbonyl (C=O) groups is 3. The molecule has 0 aromatic rings. The van der Waals surface area contributed by atoms with E-state index in [1.165, 1.54) is 0 Å². The zero-order valence-electron chi connectivity index (χ0n) is 14.3. The summed E-state index contributed by atoms with van der Waals surface area (Å²) in [6, 6.07) is 0.0439. The Morgan fingerprint density at radius 3 is 1.65 bits per heavy atom. The molecule has 0 N–H and O–H groups in total. The minimum absolute atomic E-state index is 0. The minimum atomic E-state index is -3.75. The number of carbonyl (C=O) groups excluding carboxylic acids is 3. The first-order chi connectivity index (χ1) is 8.83. The zero-order valence-corrected chi connectivity index (χ0v) is 17.6. The molecule has 1 rings (SSSR count). The van der Waals surface area contributed by atoms with Crippen LogP contribution in [0.2, 0.25) is 6.04 Å². The van der Waals surface area contributed by atoms with Crippen molar-refractivity contribution in [1.82, 2.24) is 0 Å². The van der Waals surface area contributed by atoms with Crippen molar-refractivity contribution in [3.63, 3.8) is 0 Å². The Hall–Kier alpha value is -1.20. The van der Waals surface area contributed by atoms with E-state index >= 15 is 0 Å². The van der Waals surface area contributed by atoms with Crippen LogP contribution in [-0.4, -0.2) is 26.7 Å². The van der Waals surface area contributed by atoms with Crippen LogP contribution >= 0.6 is 0 Å². The van der Waals surface area contributed by atoms with E-state index in [2.05, 4.69) is 6.08 Å². The van der Waals surface area contributed by atoms with Crippen LogP contribution in [0.4, 0.5) is 0 Å². The number of hydrogen-bond acceptors (Lipinski definition) is 6. The van der Waals surface area contributed by atoms with Gasteiger partial charge in [0.15, 0.2) is 0 Å². The van der Waals surface area contributed by atoms with Gasteiger partial charge in [0.1, 0.15) is 0 Å². The smallest absolute Gasteiger partial charge is 0.455 e. The van der Waals surface area contributed by atoms with Crippen molar-refractivity contribution in [3.8, 4) is 0 Å². The molecule has 0 aromatic carbocycles. The summed E-state index contributed by atoms with van der Waals surface area (Å²) >= 11 is 0. The standard InChI is InChI=1S/C12H15O6Si.3CH3.Pt/c1-9(13)16-19(17-10(2)14,18-11(3)15)8-12-6-4-5-7-12;;;;/h4,6H,5,8H2,1-3H3;3*1H3;/q4*-1;+4. The van der Waals surface area contributed by atoms with Crippen molar-refractivity contribution in [2.75, 3.05) is 0 Å². The van der Waals surface area contributed by atoms with Gasteiger partial charge in [0.25, 0.3) is 17.9 Å². The second-order valence-electron chi connectivity index (χ2n) is 3.95. The maximum absolute atomic E-state index is 11.2. The van der Waals surface area contributed by atoms with Crippen molar-refractivity contribution < 1.29 is 48.7 Å². The Morgan fingerprint density at radius 1 is 1.00 bits per heavy atom. The zero-order chi connectivity index (χ0) is 14.5. The van der Waals surface area contributed by atoms with Crippen molar-refractivity contribution >= 4 is 26.7 Å². The van der Waals surface area contributed by atoms with Gasteiger partial charge in [-0.05, 0) is 0 Å². The molecule has 0 radical (unpaired) electrons. The summed E-state index contributed by atoms with van der Waals surface area (Å²) in [5.74, 6) is -2.01. The molecule has 0 spiro atoms. The Kier molecular flexibility index (Phi) is 17.2. The first-order valence-corrected chi connectivity index (χ1v) is 7.61. The van der Waals surface area contributed by atoms with Crippen LogP contribution in [0.1, 0.15) is 27.2 Å². The van der Waals surface area contributed by atoms with Gasteiger partial charge < -0.3 is 35.6 Å². The molecule has 0 atom stereocenters. The molecule has 0 unspecified atom stereocenters. The minimum Gasteiger partial charge on any atom is -0.455 e. The Balaban J connectivity index is -0.000000451. The largest absolute Gasteiger partial charge is 4.00 e. The molecule has 0 fully saturated rings. The molecule has 1 aliphatic rings. The molecule has 134 valence electrons. The summed E-state index contributed by atoms with van der Waals surface area (Å²) in [6.07, 6.45) is 7.24. The van der Waals surface area contributed by atoms with Gasteiger partial charge >= 0.3 is 29.9 Å². The van der Waals surface area contributed by atoms with Crippen LogP contribution in [-0.2, 0) is 48.7 Å². The van der Waals surface area contributed by atoms with E-state index in [1.807, 2.05) is 6.08 Å². The monoisotopic (exact) mass is 523 g/mol. The van der Waals surface area contributed by atoms with Gasteiger partial charge in [-0.1, -0.05) is 0 Å². The number of allylic oxidation sites excluding steroid dienone is 4. The van der Waals surface area contributed by atoms with E-state index in [-0.39, 0.29) is 49.4 Å². The van der Waals surface area contributed by atoms with Crippen molar-refractivity contribution in [2.45, 2.75) is 33.2 Å². The number of rotatable bonds is 5. The molecule has 0 amide bonds. The van der Waals surface area contributed by atoms with Crippen molar-refractivity contribution in [1.29, 1.82) is 0 Å². The van der Waals surface area contributed by atoms with Crippen LogP contribution in [0.25, 0.3) is 0 Å². The molecule has 0 heterocycles. The van der Waals surface area contributed by atoms with Gasteiger partial charge in [-0.15, -0.1) is 6.42 Å². The molecule has 23 heavy (non-hydrogen) atoms. The predicted octanol–water partition coefficient (Wildman–Crippen LogP) is 2.65. The first-order valence-electron chi connectivity index (χ1n) is 5.68. The average Bonchev–Trinajstić information content (AvgIpc) is 2.65. The third-order valence-electron chi connectivity index (χ3n) is 2.07. The summed E-state index contributed by atoms with van der Waals surface area (Å²) in [7, 11) is -3.75. The molecule has 0 saturated carbocycles. The van der Waals surface area contributed by atoms with E-state index in [0.717, 1.165) is 20.8 Å². The van der Waals surface area contributed by atoms with Crippen LogP contribution < -0.4 is 0 Å². The fraction of sp³-hybridized carbons (Fsp3) is 0.333. The van der Waals surface area contributed by atoms with Crippen LogP contribution in [0.15, 0.2) is 17.7 Å². The summed E-state index contributed by atoms with van der Waals surface area (Å²) in [6.45, 7) is 3.49. The fourth-order valence-electron chi connectivity index (χ4n) is 1.63. The second-order valence-corrected chi connectivity index (χ2v) is 6.28. The normalized spacial score (nSPS) is 11.3. The van der Waals surface area contributed by atoms with E-state index in [9.17, 15) is 14.4 Å². The van der Waals surface area contributed by atoms with Gasteiger partial charge in [0.05, 0.1) is 0 Å². The third-order valence-corrected chi connectivity index (χ3v) is 4.68. The molecule has 6 nitrogen and oxygen atoms in total. The van der Waals surface area contributed by atoms with Gasteiger partial charge in [-0.25, -0.2) is 11.6 Å². The van der Waals surface area contributed by atoms with E-state index in [1.54, 1.807) is 6.08 Å². The van der Waals surface area contributed by atoms with Gasteiger partial charge in [-0.2, -0.15) is 6.08 Å². The Morgan fingerprint density at radius 2 is 1.39 bits per heavy atom. The van der Waals surface area contributed by atoms with Crippen LogP contribution in [0.3, 0.4) is 0 Å². The van der Waals surface area contributed by atoms with Gasteiger partial charge in [0.2, 0.25) is 0 Å². The Bertz CT molecular complexity index is 418. The maximum Gasteiger partial charge on any atom is 4.00 e. The van der Waals surface area contributed by atoms with E-state index < -0.39 is 26.7 Å². The fourth-order valence-corrected chi connectivity index (χ4v) is 4.00. The molecular weight excluding hydrogens is 499 g/mol. The summed E-state index contributed by atoms with van der Waals surface area (Å²) < 4.78 is 15.1. The quantitative estimate of drug-likeness (QED) is 0.408. The SMILES string of the molecule is CC(=O)O[Si](CC1=[C-]CC=C1)(OC(C)=O)OC(C)=O.[CH3-].[CH3-].[CH3-].[Pt+4]. The topological polar surface area (TPSA) is 78.9 Å². The molecule has 1 aliphatic carbocycles. The molecule has 8 heteroatoms. The third kappa shape index (κ3) is 11.0. The molecule has 0 saturated heterocycles. The number of hydrogen-bond donors (Lipinski definition) is 0. The average molecular weight is 524 g/mol. The van der Waals surface area contributed by atoms with E-state index in [0.29, 0.717) is 12.0 Å². The maximum atomic E-state index is 11.2. The molecule has 0 aliphatic heterocycles. The molecule has 0 aromatic heterocycles. The van der Waals surface area contributed by atoms with Crippen molar-refractivity contribution in [2.24, 2.45) is 0 Å². The molecular formula is C15H24O6PtSi. The summed E-state index contributed by atoms with van der Waals surface area (Å²) in [4.78, 5) is 33.5. The van der Waals surface area contributed by atoms with Gasteiger partial charge in [-0.3, -0.25) is 20.5 Å². The van der Waals surface area contributed by atoms with E-state index in [4.69, 9.17) is 13.3 Å².